The second-order valence-electron chi connectivity index (χ2n) is 7.17. The summed E-state index contributed by atoms with van der Waals surface area (Å²) in [7, 11) is 3.20. The lowest BCUT2D eigenvalue weighted by atomic mass is 9.98. The predicted octanol–water partition coefficient (Wildman–Crippen LogP) is 2.88. The van der Waals surface area contributed by atoms with Gasteiger partial charge in [-0.25, -0.2) is 4.68 Å². The van der Waals surface area contributed by atoms with Gasteiger partial charge in [-0.2, -0.15) is 5.10 Å². The van der Waals surface area contributed by atoms with Crippen LogP contribution in [0.1, 0.15) is 16.0 Å². The molecule has 0 saturated carbocycles. The van der Waals surface area contributed by atoms with Gasteiger partial charge in [-0.3, -0.25) is 9.59 Å². The fourth-order valence-electron chi connectivity index (χ4n) is 3.59. The van der Waals surface area contributed by atoms with Crippen LogP contribution in [0.5, 0.6) is 11.5 Å². The molecule has 0 bridgehead atoms. The molecule has 7 nitrogen and oxygen atoms in total. The molecule has 8 heteroatoms. The van der Waals surface area contributed by atoms with Gasteiger partial charge in [0.15, 0.2) is 11.5 Å². The smallest absolute Gasteiger partial charge is 0.267 e. The molecule has 0 spiro atoms. The number of hydrogen-bond acceptors (Lipinski definition) is 6. The van der Waals surface area contributed by atoms with Gasteiger partial charge in [-0.1, -0.05) is 0 Å². The van der Waals surface area contributed by atoms with Gasteiger partial charge in [0.1, 0.15) is 12.2 Å². The Bertz CT molecular complexity index is 1150. The lowest BCUT2D eigenvalue weighted by molar-refractivity contribution is -0.133. The zero-order valence-corrected chi connectivity index (χ0v) is 18.0. The Morgan fingerprint density at radius 1 is 1.10 bits per heavy atom. The van der Waals surface area contributed by atoms with E-state index in [2.05, 4.69) is 5.10 Å². The number of benzene rings is 1. The summed E-state index contributed by atoms with van der Waals surface area (Å²) in [5.74, 6) is 1.19. The maximum Gasteiger partial charge on any atom is 0.267 e. The van der Waals surface area contributed by atoms with Gasteiger partial charge in [0.05, 0.1) is 19.1 Å². The number of amides is 1. The normalized spacial score (nSPS) is 13.1. The molecule has 0 aliphatic carbocycles. The van der Waals surface area contributed by atoms with Gasteiger partial charge >= 0.3 is 0 Å². The molecule has 2 aromatic heterocycles. The zero-order chi connectivity index (χ0) is 21.3. The summed E-state index contributed by atoms with van der Waals surface area (Å²) in [6.45, 7) is 2.99. The maximum atomic E-state index is 12.9. The minimum atomic E-state index is -0.288. The molecule has 0 atom stereocenters. The molecule has 0 saturated heterocycles. The van der Waals surface area contributed by atoms with Gasteiger partial charge < -0.3 is 14.4 Å². The first-order valence-corrected chi connectivity index (χ1v) is 10.5. The van der Waals surface area contributed by atoms with Crippen LogP contribution < -0.4 is 15.0 Å². The molecule has 3 heterocycles. The third-order valence-electron chi connectivity index (χ3n) is 5.22. The quantitative estimate of drug-likeness (QED) is 0.629. The molecule has 30 heavy (non-hydrogen) atoms. The minimum Gasteiger partial charge on any atom is -0.493 e. The number of carbonyl (C=O) groups excluding carboxylic acids is 1. The number of thiophene rings is 1. The van der Waals surface area contributed by atoms with Crippen LogP contribution in [0.3, 0.4) is 0 Å². The van der Waals surface area contributed by atoms with Crippen molar-refractivity contribution in [2.45, 2.75) is 26.4 Å². The van der Waals surface area contributed by atoms with Crippen molar-refractivity contribution in [3.05, 3.63) is 62.8 Å². The standard InChI is InChI=1S/C22H23N3O4S/c1-14-4-6-20(30-14)17-5-7-21(26)25(23-17)13-22(27)24-9-8-15-10-18(28-2)19(29-3)11-16(15)12-24/h4-7,10-11H,8-9,12-13H2,1-3H3. The van der Waals surface area contributed by atoms with Crippen LogP contribution >= 0.6 is 11.3 Å². The van der Waals surface area contributed by atoms with Gasteiger partial charge in [0, 0.05) is 24.0 Å². The van der Waals surface area contributed by atoms with Crippen molar-refractivity contribution in [3.8, 4) is 22.1 Å². The van der Waals surface area contributed by atoms with Crippen LogP contribution in [0.15, 0.2) is 41.2 Å². The molecule has 1 aromatic carbocycles. The molecule has 0 unspecified atom stereocenters. The van der Waals surface area contributed by atoms with Crippen LogP contribution in [0.25, 0.3) is 10.6 Å². The Balaban J connectivity index is 1.53. The molecule has 4 rings (SSSR count). The van der Waals surface area contributed by atoms with Crippen molar-refractivity contribution in [2.24, 2.45) is 0 Å². The molecular formula is C22H23N3O4S. The highest BCUT2D eigenvalue weighted by Crippen LogP contribution is 2.33. The first-order valence-electron chi connectivity index (χ1n) is 9.65. The van der Waals surface area contributed by atoms with E-state index >= 15 is 0 Å². The van der Waals surface area contributed by atoms with Gasteiger partial charge in [0.2, 0.25) is 5.91 Å². The largest absolute Gasteiger partial charge is 0.493 e. The van der Waals surface area contributed by atoms with Crippen molar-refractivity contribution in [1.29, 1.82) is 0 Å². The summed E-state index contributed by atoms with van der Waals surface area (Å²) in [5.41, 5.74) is 2.57. The highest BCUT2D eigenvalue weighted by Gasteiger charge is 2.23. The van der Waals surface area contributed by atoms with Crippen LogP contribution in [-0.4, -0.2) is 41.4 Å². The Labute approximate surface area is 178 Å². The summed E-state index contributed by atoms with van der Waals surface area (Å²) in [6.07, 6.45) is 0.721. The van der Waals surface area contributed by atoms with E-state index in [0.29, 0.717) is 30.3 Å². The number of carbonyl (C=O) groups is 1. The number of nitrogens with zero attached hydrogens (tertiary/aromatic N) is 3. The average molecular weight is 426 g/mol. The third kappa shape index (κ3) is 3.95. The Morgan fingerprint density at radius 3 is 2.50 bits per heavy atom. The predicted molar refractivity (Wildman–Crippen MR) is 115 cm³/mol. The van der Waals surface area contributed by atoms with Crippen LogP contribution in [0.2, 0.25) is 0 Å². The Hall–Kier alpha value is -3.13. The molecule has 1 aliphatic rings. The monoisotopic (exact) mass is 425 g/mol. The third-order valence-corrected chi connectivity index (χ3v) is 6.24. The van der Waals surface area contributed by atoms with E-state index in [1.54, 1.807) is 36.5 Å². The van der Waals surface area contributed by atoms with Gasteiger partial charge in [-0.15, -0.1) is 11.3 Å². The van der Waals surface area contributed by atoms with Crippen molar-refractivity contribution in [1.82, 2.24) is 14.7 Å². The lowest BCUT2D eigenvalue weighted by Gasteiger charge is -2.29. The number of methoxy groups -OCH3 is 2. The second kappa shape index (κ2) is 8.31. The van der Waals surface area contributed by atoms with Crippen molar-refractivity contribution in [3.63, 3.8) is 0 Å². The first kappa shape index (κ1) is 20.2. The van der Waals surface area contributed by atoms with Crippen LogP contribution in [0, 0.1) is 6.92 Å². The number of rotatable bonds is 5. The molecule has 0 N–H and O–H groups in total. The van der Waals surface area contributed by atoms with Gasteiger partial charge in [-0.05, 0) is 54.8 Å². The van der Waals surface area contributed by atoms with E-state index in [1.807, 2.05) is 31.2 Å². The topological polar surface area (TPSA) is 73.7 Å². The van der Waals surface area contributed by atoms with Gasteiger partial charge in [0.25, 0.3) is 5.56 Å². The SMILES string of the molecule is COc1cc2c(cc1OC)CN(C(=O)Cn1nc(-c3ccc(C)s3)ccc1=O)CC2. The van der Waals surface area contributed by atoms with E-state index in [0.717, 1.165) is 22.4 Å². The second-order valence-corrected chi connectivity index (χ2v) is 8.45. The fourth-order valence-corrected chi connectivity index (χ4v) is 4.42. The average Bonchev–Trinajstić information content (AvgIpc) is 3.20. The molecule has 3 aromatic rings. The van der Waals surface area contributed by atoms with E-state index in [9.17, 15) is 9.59 Å². The van der Waals surface area contributed by atoms with Crippen molar-refractivity contribution < 1.29 is 14.3 Å². The summed E-state index contributed by atoms with van der Waals surface area (Å²) in [6, 6.07) is 11.0. The molecule has 1 amide bonds. The van der Waals surface area contributed by atoms with E-state index in [1.165, 1.54) is 15.6 Å². The van der Waals surface area contributed by atoms with E-state index < -0.39 is 0 Å². The van der Waals surface area contributed by atoms with Crippen molar-refractivity contribution >= 4 is 17.2 Å². The number of aryl methyl sites for hydroxylation is 1. The number of aromatic nitrogens is 2. The summed E-state index contributed by atoms with van der Waals surface area (Å²) >= 11 is 1.61. The van der Waals surface area contributed by atoms with E-state index in [-0.39, 0.29) is 18.0 Å². The Morgan fingerprint density at radius 2 is 1.83 bits per heavy atom. The summed E-state index contributed by atoms with van der Waals surface area (Å²) in [4.78, 5) is 29.1. The van der Waals surface area contributed by atoms with Crippen molar-refractivity contribution in [2.75, 3.05) is 20.8 Å². The highest BCUT2D eigenvalue weighted by atomic mass is 32.1. The molecule has 1 aliphatic heterocycles. The highest BCUT2D eigenvalue weighted by molar-refractivity contribution is 7.15. The number of ether oxygens (including phenoxy) is 2. The lowest BCUT2D eigenvalue weighted by Crippen LogP contribution is -2.40. The van der Waals surface area contributed by atoms with E-state index in [4.69, 9.17) is 9.47 Å². The van der Waals surface area contributed by atoms with Crippen LogP contribution in [-0.2, 0) is 24.3 Å². The molecule has 0 fully saturated rings. The first-order chi connectivity index (χ1) is 14.5. The fraction of sp³-hybridized carbons (Fsp3) is 0.318. The molecule has 0 radical (unpaired) electrons. The van der Waals surface area contributed by atoms with Crippen LogP contribution in [0.4, 0.5) is 0 Å². The summed E-state index contributed by atoms with van der Waals surface area (Å²) < 4.78 is 12.0. The minimum absolute atomic E-state index is 0.0837. The molecular weight excluding hydrogens is 402 g/mol. The zero-order valence-electron chi connectivity index (χ0n) is 17.2. The number of fused-ring (bicyclic) bond motifs is 1. The maximum absolute atomic E-state index is 12.9. The Kier molecular flexibility index (Phi) is 5.59. The molecule has 156 valence electrons. The number of hydrogen-bond donors (Lipinski definition) is 0. The summed E-state index contributed by atoms with van der Waals surface area (Å²) in [5, 5.41) is 4.42.